The van der Waals surface area contributed by atoms with Crippen LogP contribution in [-0.4, -0.2) is 27.1 Å². The first-order valence-corrected chi connectivity index (χ1v) is 9.13. The van der Waals surface area contributed by atoms with E-state index in [0.29, 0.717) is 5.75 Å². The number of phenols is 1. The summed E-state index contributed by atoms with van der Waals surface area (Å²) in [7, 11) is 1.56. The first-order valence-electron chi connectivity index (χ1n) is 7.37. The Labute approximate surface area is 142 Å². The molecule has 8 heteroatoms. The van der Waals surface area contributed by atoms with Crippen molar-refractivity contribution in [3.8, 4) is 11.5 Å². The third kappa shape index (κ3) is 2.28. The molecule has 0 saturated heterocycles. The standard InChI is InChI=1S/C15H16N4O2S2/c1-3-4-12-16-17-15-18(12)19-13(23-15)8-22-14(19)9-5-6-10(20)11(7-9)21-2/h5-8,14,20H,3-4H2,1-2H3. The van der Waals surface area contributed by atoms with Crippen molar-refractivity contribution in [3.05, 3.63) is 40.0 Å². The van der Waals surface area contributed by atoms with E-state index in [4.69, 9.17) is 4.74 Å². The summed E-state index contributed by atoms with van der Waals surface area (Å²) in [5, 5.41) is 25.0. The highest BCUT2D eigenvalue weighted by atomic mass is 32.2. The summed E-state index contributed by atoms with van der Waals surface area (Å²) in [6.45, 7) is 2.14. The van der Waals surface area contributed by atoms with Crippen LogP contribution in [-0.2, 0) is 6.42 Å². The SMILES string of the molecule is CCCc1nnc2n1N1C(=CSC1c1ccc(O)c(OC)c1)S2. The summed E-state index contributed by atoms with van der Waals surface area (Å²) in [5.41, 5.74) is 1.07. The van der Waals surface area contributed by atoms with Crippen LogP contribution in [0, 0.1) is 0 Å². The quantitative estimate of drug-likeness (QED) is 0.910. The first kappa shape index (κ1) is 14.8. The van der Waals surface area contributed by atoms with E-state index in [0.717, 1.165) is 34.4 Å². The van der Waals surface area contributed by atoms with Gasteiger partial charge in [0.2, 0.25) is 5.16 Å². The van der Waals surface area contributed by atoms with Gasteiger partial charge in [0.1, 0.15) is 10.4 Å². The zero-order valence-electron chi connectivity index (χ0n) is 12.8. The molecule has 0 radical (unpaired) electrons. The van der Waals surface area contributed by atoms with Gasteiger partial charge in [-0.3, -0.25) is 5.01 Å². The monoisotopic (exact) mass is 348 g/mol. The van der Waals surface area contributed by atoms with Crippen LogP contribution in [0.15, 0.2) is 33.8 Å². The predicted molar refractivity (Wildman–Crippen MR) is 91.2 cm³/mol. The molecule has 0 fully saturated rings. The van der Waals surface area contributed by atoms with Crippen molar-refractivity contribution in [2.45, 2.75) is 30.3 Å². The third-order valence-corrected chi connectivity index (χ3v) is 5.99. The van der Waals surface area contributed by atoms with Gasteiger partial charge in [-0.1, -0.05) is 24.8 Å². The van der Waals surface area contributed by atoms with Crippen molar-refractivity contribution >= 4 is 23.5 Å². The van der Waals surface area contributed by atoms with E-state index in [1.54, 1.807) is 36.7 Å². The van der Waals surface area contributed by atoms with E-state index in [9.17, 15) is 5.11 Å². The molecule has 0 aliphatic carbocycles. The third-order valence-electron chi connectivity index (χ3n) is 3.80. The number of rotatable bonds is 4. The van der Waals surface area contributed by atoms with Gasteiger partial charge in [0.15, 0.2) is 17.3 Å². The molecule has 23 heavy (non-hydrogen) atoms. The highest BCUT2D eigenvalue weighted by molar-refractivity contribution is 8.07. The second-order valence-electron chi connectivity index (χ2n) is 5.28. The lowest BCUT2D eigenvalue weighted by Gasteiger charge is -2.26. The Morgan fingerprint density at radius 3 is 3.00 bits per heavy atom. The number of thioether (sulfide) groups is 2. The number of benzene rings is 1. The minimum atomic E-state index is 0.0832. The molecular formula is C15H16N4O2S2. The van der Waals surface area contributed by atoms with Gasteiger partial charge >= 0.3 is 0 Å². The van der Waals surface area contributed by atoms with E-state index in [1.807, 2.05) is 12.1 Å². The molecule has 0 spiro atoms. The van der Waals surface area contributed by atoms with Crippen LogP contribution in [0.4, 0.5) is 0 Å². The fourth-order valence-electron chi connectivity index (χ4n) is 2.74. The fraction of sp³-hybridized carbons (Fsp3) is 0.333. The number of ether oxygens (including phenoxy) is 1. The van der Waals surface area contributed by atoms with Crippen molar-refractivity contribution in [2.75, 3.05) is 12.1 Å². The van der Waals surface area contributed by atoms with Gasteiger partial charge in [-0.05, 0) is 35.9 Å². The molecule has 4 rings (SSSR count). The zero-order valence-corrected chi connectivity index (χ0v) is 14.4. The molecule has 1 aromatic heterocycles. The molecule has 2 aliphatic heterocycles. The molecule has 2 aromatic rings. The molecule has 6 nitrogen and oxygen atoms in total. The van der Waals surface area contributed by atoms with Crippen LogP contribution in [0.3, 0.4) is 0 Å². The topological polar surface area (TPSA) is 63.4 Å². The Balaban J connectivity index is 1.73. The first-order chi connectivity index (χ1) is 11.2. The lowest BCUT2D eigenvalue weighted by molar-refractivity contribution is 0.373. The van der Waals surface area contributed by atoms with E-state index >= 15 is 0 Å². The number of aromatic hydroxyl groups is 1. The number of phenolic OH excluding ortho intramolecular Hbond substituents is 1. The van der Waals surface area contributed by atoms with Crippen LogP contribution >= 0.6 is 23.5 Å². The maximum absolute atomic E-state index is 9.82. The Bertz CT molecular complexity index is 790. The molecule has 1 atom stereocenters. The number of fused-ring (bicyclic) bond motifs is 3. The minimum absolute atomic E-state index is 0.0832. The summed E-state index contributed by atoms with van der Waals surface area (Å²) in [5.74, 6) is 1.62. The Kier molecular flexibility index (Phi) is 3.65. The average molecular weight is 348 g/mol. The summed E-state index contributed by atoms with van der Waals surface area (Å²) in [6, 6.07) is 5.49. The fourth-order valence-corrected chi connectivity index (χ4v) is 4.98. The molecule has 1 N–H and O–H groups in total. The van der Waals surface area contributed by atoms with E-state index < -0.39 is 0 Å². The van der Waals surface area contributed by atoms with Crippen LogP contribution < -0.4 is 9.75 Å². The normalized spacial score (nSPS) is 18.8. The van der Waals surface area contributed by atoms with Gasteiger partial charge in [-0.2, -0.15) is 0 Å². The smallest absolute Gasteiger partial charge is 0.216 e. The number of methoxy groups -OCH3 is 1. The highest BCUT2D eigenvalue weighted by Gasteiger charge is 2.39. The van der Waals surface area contributed by atoms with Crippen molar-refractivity contribution in [3.63, 3.8) is 0 Å². The zero-order chi connectivity index (χ0) is 16.0. The second kappa shape index (κ2) is 5.68. The number of hydrogen-bond acceptors (Lipinski definition) is 7. The number of aryl methyl sites for hydroxylation is 1. The molecule has 0 saturated carbocycles. The van der Waals surface area contributed by atoms with Crippen LogP contribution in [0.2, 0.25) is 0 Å². The molecule has 2 aliphatic rings. The number of nitrogens with zero attached hydrogens (tertiary/aromatic N) is 4. The van der Waals surface area contributed by atoms with E-state index in [-0.39, 0.29) is 11.1 Å². The molecular weight excluding hydrogens is 332 g/mol. The van der Waals surface area contributed by atoms with E-state index in [2.05, 4.69) is 32.2 Å². The molecule has 1 unspecified atom stereocenters. The molecule has 120 valence electrons. The van der Waals surface area contributed by atoms with Gasteiger partial charge in [0.05, 0.1) is 7.11 Å². The van der Waals surface area contributed by atoms with Gasteiger partial charge < -0.3 is 9.84 Å². The van der Waals surface area contributed by atoms with Crippen LogP contribution in [0.25, 0.3) is 0 Å². The Morgan fingerprint density at radius 2 is 2.22 bits per heavy atom. The van der Waals surface area contributed by atoms with Gasteiger partial charge in [-0.15, -0.1) is 10.2 Å². The van der Waals surface area contributed by atoms with Crippen molar-refractivity contribution in [1.29, 1.82) is 0 Å². The molecule has 0 bridgehead atoms. The average Bonchev–Trinajstić information content (AvgIpc) is 3.20. The number of aromatic nitrogens is 3. The highest BCUT2D eigenvalue weighted by Crippen LogP contribution is 2.51. The molecule has 1 aromatic carbocycles. The van der Waals surface area contributed by atoms with Crippen molar-refractivity contribution in [2.24, 2.45) is 0 Å². The van der Waals surface area contributed by atoms with Gasteiger partial charge in [-0.25, -0.2) is 4.68 Å². The van der Waals surface area contributed by atoms with Crippen LogP contribution in [0.5, 0.6) is 11.5 Å². The minimum Gasteiger partial charge on any atom is -0.504 e. The second-order valence-corrected chi connectivity index (χ2v) is 7.22. The largest absolute Gasteiger partial charge is 0.504 e. The van der Waals surface area contributed by atoms with Gasteiger partial charge in [0.25, 0.3) is 0 Å². The van der Waals surface area contributed by atoms with Gasteiger partial charge in [0, 0.05) is 11.8 Å². The summed E-state index contributed by atoms with van der Waals surface area (Å²) < 4.78 is 7.36. The summed E-state index contributed by atoms with van der Waals surface area (Å²) in [4.78, 5) is 0. The number of hydrogen-bond donors (Lipinski definition) is 1. The van der Waals surface area contributed by atoms with E-state index in [1.165, 1.54) is 0 Å². The lowest BCUT2D eigenvalue weighted by atomic mass is 10.2. The lowest BCUT2D eigenvalue weighted by Crippen LogP contribution is -2.30. The molecule has 3 heterocycles. The predicted octanol–water partition coefficient (Wildman–Crippen LogP) is 3.23. The summed E-state index contributed by atoms with van der Waals surface area (Å²) >= 11 is 3.38. The van der Waals surface area contributed by atoms with Crippen molar-refractivity contribution < 1.29 is 9.84 Å². The molecule has 0 amide bonds. The Morgan fingerprint density at radius 1 is 1.35 bits per heavy atom. The van der Waals surface area contributed by atoms with Crippen molar-refractivity contribution in [1.82, 2.24) is 14.9 Å². The Hall–Kier alpha value is -1.80. The maximum Gasteiger partial charge on any atom is 0.216 e. The maximum atomic E-state index is 9.82. The summed E-state index contributed by atoms with van der Waals surface area (Å²) in [6.07, 6.45) is 1.92. The van der Waals surface area contributed by atoms with Crippen LogP contribution in [0.1, 0.15) is 30.1 Å².